The molecule has 16 heavy (non-hydrogen) atoms. The predicted molar refractivity (Wildman–Crippen MR) is 54.5 cm³/mol. The lowest BCUT2D eigenvalue weighted by Crippen LogP contribution is -2.41. The van der Waals surface area contributed by atoms with Crippen molar-refractivity contribution in [2.24, 2.45) is 5.92 Å². The Morgan fingerprint density at radius 3 is 2.25 bits per heavy atom. The lowest BCUT2D eigenvalue weighted by atomic mass is 9.85. The highest BCUT2D eigenvalue weighted by Gasteiger charge is 2.37. The second kappa shape index (κ2) is 5.09. The van der Waals surface area contributed by atoms with Gasteiger partial charge in [0.05, 0.1) is 5.92 Å². The Balaban J connectivity index is 2.65. The SMILES string of the molecule is CC(=O)O[C@H]1CC(=O)C(C)[C@@H](OC(C)=O)C1. The third-order valence-electron chi connectivity index (χ3n) is 2.64. The molecule has 0 aromatic carbocycles. The first kappa shape index (κ1) is 12.7. The van der Waals surface area contributed by atoms with Gasteiger partial charge in [0.15, 0.2) is 0 Å². The average Bonchev–Trinajstić information content (AvgIpc) is 2.11. The van der Waals surface area contributed by atoms with Crippen LogP contribution in [0, 0.1) is 5.92 Å². The van der Waals surface area contributed by atoms with Crippen molar-refractivity contribution in [2.75, 3.05) is 0 Å². The zero-order chi connectivity index (χ0) is 12.3. The number of carbonyl (C=O) groups is 3. The summed E-state index contributed by atoms with van der Waals surface area (Å²) in [6.45, 7) is 4.32. The van der Waals surface area contributed by atoms with Crippen molar-refractivity contribution in [3.05, 3.63) is 0 Å². The molecular formula is C11H16O5. The molecule has 0 heterocycles. The van der Waals surface area contributed by atoms with Crippen molar-refractivity contribution < 1.29 is 23.9 Å². The van der Waals surface area contributed by atoms with Crippen molar-refractivity contribution in [1.82, 2.24) is 0 Å². The van der Waals surface area contributed by atoms with Gasteiger partial charge in [0.2, 0.25) is 0 Å². The fourth-order valence-electron chi connectivity index (χ4n) is 1.85. The molecule has 90 valence electrons. The van der Waals surface area contributed by atoms with E-state index >= 15 is 0 Å². The normalized spacial score (nSPS) is 29.7. The molecule has 0 amide bonds. The van der Waals surface area contributed by atoms with Gasteiger partial charge in [-0.25, -0.2) is 0 Å². The Labute approximate surface area is 94.1 Å². The number of hydrogen-bond acceptors (Lipinski definition) is 5. The van der Waals surface area contributed by atoms with Gasteiger partial charge in [-0.15, -0.1) is 0 Å². The second-order valence-electron chi connectivity index (χ2n) is 4.07. The number of hydrogen-bond donors (Lipinski definition) is 0. The van der Waals surface area contributed by atoms with Gasteiger partial charge in [0, 0.05) is 26.7 Å². The maximum absolute atomic E-state index is 11.6. The fraction of sp³-hybridized carbons (Fsp3) is 0.727. The largest absolute Gasteiger partial charge is 0.462 e. The first-order valence-corrected chi connectivity index (χ1v) is 5.27. The van der Waals surface area contributed by atoms with Crippen molar-refractivity contribution >= 4 is 17.7 Å². The molecule has 5 nitrogen and oxygen atoms in total. The summed E-state index contributed by atoms with van der Waals surface area (Å²) in [7, 11) is 0. The minimum absolute atomic E-state index is 0.0382. The van der Waals surface area contributed by atoms with Crippen LogP contribution in [0.2, 0.25) is 0 Å². The van der Waals surface area contributed by atoms with Gasteiger partial charge in [-0.05, 0) is 0 Å². The summed E-state index contributed by atoms with van der Waals surface area (Å²) in [6.07, 6.45) is -0.349. The van der Waals surface area contributed by atoms with Crippen LogP contribution in [0.4, 0.5) is 0 Å². The minimum Gasteiger partial charge on any atom is -0.462 e. The molecular weight excluding hydrogens is 212 g/mol. The molecule has 1 rings (SSSR count). The summed E-state index contributed by atoms with van der Waals surface area (Å²) in [5.74, 6) is -1.21. The molecule has 1 fully saturated rings. The van der Waals surface area contributed by atoms with E-state index in [9.17, 15) is 14.4 Å². The third kappa shape index (κ3) is 3.32. The second-order valence-corrected chi connectivity index (χ2v) is 4.07. The monoisotopic (exact) mass is 228 g/mol. The number of ketones is 1. The van der Waals surface area contributed by atoms with Crippen LogP contribution in [-0.2, 0) is 23.9 Å². The van der Waals surface area contributed by atoms with Crippen molar-refractivity contribution in [2.45, 2.75) is 45.8 Å². The van der Waals surface area contributed by atoms with Crippen LogP contribution in [0.3, 0.4) is 0 Å². The fourth-order valence-corrected chi connectivity index (χ4v) is 1.85. The van der Waals surface area contributed by atoms with Crippen LogP contribution in [0.5, 0.6) is 0 Å². The van der Waals surface area contributed by atoms with E-state index in [1.807, 2.05) is 0 Å². The van der Waals surface area contributed by atoms with E-state index in [0.29, 0.717) is 6.42 Å². The summed E-state index contributed by atoms with van der Waals surface area (Å²) < 4.78 is 10.0. The van der Waals surface area contributed by atoms with Crippen LogP contribution in [0.15, 0.2) is 0 Å². The Kier molecular flexibility index (Phi) is 4.04. The van der Waals surface area contributed by atoms with E-state index in [-0.39, 0.29) is 18.1 Å². The molecule has 1 aliphatic carbocycles. The van der Waals surface area contributed by atoms with E-state index in [1.165, 1.54) is 13.8 Å². The number of Topliss-reactive ketones (excluding diaryl/α,β-unsaturated/α-hetero) is 1. The molecule has 0 radical (unpaired) electrons. The highest BCUT2D eigenvalue weighted by atomic mass is 16.6. The van der Waals surface area contributed by atoms with Gasteiger partial charge < -0.3 is 9.47 Å². The molecule has 1 aliphatic rings. The average molecular weight is 228 g/mol. The molecule has 1 unspecified atom stereocenters. The van der Waals surface area contributed by atoms with Gasteiger partial charge in [-0.2, -0.15) is 0 Å². The van der Waals surface area contributed by atoms with E-state index < -0.39 is 24.1 Å². The quantitative estimate of drug-likeness (QED) is 0.655. The molecule has 5 heteroatoms. The summed E-state index contributed by atoms with van der Waals surface area (Å²) in [6, 6.07) is 0. The lowest BCUT2D eigenvalue weighted by Gasteiger charge is -2.31. The van der Waals surface area contributed by atoms with Crippen LogP contribution >= 0.6 is 0 Å². The standard InChI is InChI=1S/C11H16O5/c1-6-10(14)4-9(15-7(2)12)5-11(6)16-8(3)13/h6,9,11H,4-5H2,1-3H3/t6?,9-,11-/m0/s1. The first-order chi connectivity index (χ1) is 7.40. The predicted octanol–water partition coefficient (Wildman–Crippen LogP) is 0.849. The van der Waals surface area contributed by atoms with Crippen LogP contribution in [0.25, 0.3) is 0 Å². The van der Waals surface area contributed by atoms with E-state index in [1.54, 1.807) is 6.92 Å². The molecule has 1 saturated carbocycles. The zero-order valence-corrected chi connectivity index (χ0v) is 9.69. The van der Waals surface area contributed by atoms with Gasteiger partial charge >= 0.3 is 11.9 Å². The Morgan fingerprint density at radius 1 is 1.19 bits per heavy atom. The smallest absolute Gasteiger partial charge is 0.302 e. The van der Waals surface area contributed by atoms with E-state index in [2.05, 4.69) is 0 Å². The molecule has 0 N–H and O–H groups in total. The Morgan fingerprint density at radius 2 is 1.75 bits per heavy atom. The zero-order valence-electron chi connectivity index (χ0n) is 9.69. The molecule has 0 spiro atoms. The van der Waals surface area contributed by atoms with Crippen LogP contribution < -0.4 is 0 Å². The minimum atomic E-state index is -0.483. The van der Waals surface area contributed by atoms with Gasteiger partial charge in [-0.3, -0.25) is 14.4 Å². The molecule has 0 saturated heterocycles. The van der Waals surface area contributed by atoms with E-state index in [0.717, 1.165) is 0 Å². The lowest BCUT2D eigenvalue weighted by molar-refractivity contribution is -0.162. The highest BCUT2D eigenvalue weighted by molar-refractivity contribution is 5.83. The van der Waals surface area contributed by atoms with Gasteiger partial charge in [0.25, 0.3) is 0 Å². The summed E-state index contributed by atoms with van der Waals surface area (Å²) in [4.78, 5) is 33.2. The van der Waals surface area contributed by atoms with Crippen molar-refractivity contribution in [1.29, 1.82) is 0 Å². The first-order valence-electron chi connectivity index (χ1n) is 5.27. The number of carbonyl (C=O) groups excluding carboxylic acids is 3. The molecule has 0 aliphatic heterocycles. The van der Waals surface area contributed by atoms with Crippen molar-refractivity contribution in [3.8, 4) is 0 Å². The number of esters is 2. The topological polar surface area (TPSA) is 69.7 Å². The molecule has 0 aromatic heterocycles. The highest BCUT2D eigenvalue weighted by Crippen LogP contribution is 2.26. The maximum Gasteiger partial charge on any atom is 0.302 e. The van der Waals surface area contributed by atoms with Gasteiger partial charge in [-0.1, -0.05) is 6.92 Å². The van der Waals surface area contributed by atoms with E-state index in [4.69, 9.17) is 9.47 Å². The molecule has 0 bridgehead atoms. The molecule has 0 aromatic rings. The third-order valence-corrected chi connectivity index (χ3v) is 2.64. The molecule has 3 atom stereocenters. The maximum atomic E-state index is 11.6. The van der Waals surface area contributed by atoms with Gasteiger partial charge in [0.1, 0.15) is 18.0 Å². The summed E-state index contributed by atoms with van der Waals surface area (Å²) in [5, 5.41) is 0. The van der Waals surface area contributed by atoms with Crippen LogP contribution in [0.1, 0.15) is 33.6 Å². The van der Waals surface area contributed by atoms with Crippen LogP contribution in [-0.4, -0.2) is 29.9 Å². The summed E-state index contributed by atoms with van der Waals surface area (Å²) in [5.41, 5.74) is 0. The summed E-state index contributed by atoms with van der Waals surface area (Å²) >= 11 is 0. The number of rotatable bonds is 2. The van der Waals surface area contributed by atoms with Crippen molar-refractivity contribution in [3.63, 3.8) is 0 Å². The Hall–Kier alpha value is -1.39. The Bertz CT molecular complexity index is 309. The number of ether oxygens (including phenoxy) is 2.